The summed E-state index contributed by atoms with van der Waals surface area (Å²) in [5.41, 5.74) is 3.49. The lowest BCUT2D eigenvalue weighted by Gasteiger charge is -2.34. The van der Waals surface area contributed by atoms with Crippen molar-refractivity contribution in [1.82, 2.24) is 4.98 Å². The van der Waals surface area contributed by atoms with Gasteiger partial charge < -0.3 is 4.74 Å². The average molecular weight is 313 g/mol. The van der Waals surface area contributed by atoms with Gasteiger partial charge in [0, 0.05) is 10.6 Å². The molecule has 5 rings (SSSR count). The zero-order valence-corrected chi connectivity index (χ0v) is 13.7. The van der Waals surface area contributed by atoms with Crippen molar-refractivity contribution in [3.05, 3.63) is 76.9 Å². The van der Waals surface area contributed by atoms with Crippen molar-refractivity contribution >= 4 is 22.6 Å². The smallest absolute Gasteiger partial charge is 0.0754 e. The average Bonchev–Trinajstić information content (AvgIpc) is 2.90. The Balaban J connectivity index is 1.95. The van der Waals surface area contributed by atoms with E-state index >= 15 is 0 Å². The first-order valence-electron chi connectivity index (χ1n) is 8.62. The molecule has 2 aliphatic carbocycles. The lowest BCUT2D eigenvalue weighted by atomic mass is 9.68. The summed E-state index contributed by atoms with van der Waals surface area (Å²) in [5.74, 6) is 0. The van der Waals surface area contributed by atoms with Crippen LogP contribution in [-0.4, -0.2) is 17.7 Å². The van der Waals surface area contributed by atoms with Crippen molar-refractivity contribution in [2.75, 3.05) is 6.61 Å². The number of nitrogens with zero attached hydrogens (tertiary/aromatic N) is 1. The van der Waals surface area contributed by atoms with Gasteiger partial charge in [0.1, 0.15) is 0 Å². The number of allylic oxidation sites excluding steroid dienone is 4. The molecule has 2 heterocycles. The summed E-state index contributed by atoms with van der Waals surface area (Å²) in [6.45, 7) is 2.90. The van der Waals surface area contributed by atoms with E-state index in [1.807, 2.05) is 0 Å². The van der Waals surface area contributed by atoms with Crippen LogP contribution in [0.25, 0.3) is 22.6 Å². The number of hydrogen-bond donors (Lipinski definition) is 0. The van der Waals surface area contributed by atoms with Crippen LogP contribution in [0.15, 0.2) is 66.3 Å². The van der Waals surface area contributed by atoms with E-state index in [1.54, 1.807) is 0 Å². The lowest BCUT2D eigenvalue weighted by molar-refractivity contribution is 0.0819. The molecular weight excluding hydrogens is 294 g/mol. The van der Waals surface area contributed by atoms with E-state index in [4.69, 9.17) is 9.72 Å². The Hall–Kier alpha value is -2.45. The predicted octanol–water partition coefficient (Wildman–Crippen LogP) is 3.03. The Bertz CT molecular complexity index is 1060. The highest BCUT2D eigenvalue weighted by atomic mass is 16.5. The zero-order valence-electron chi connectivity index (χ0n) is 13.7. The molecule has 1 saturated heterocycles. The van der Waals surface area contributed by atoms with E-state index in [0.29, 0.717) is 6.61 Å². The highest BCUT2D eigenvalue weighted by Gasteiger charge is 2.48. The standard InChI is InChI=1S/C22H19NO/c1-2-20-22-12-6-5-8-18(22)21-16(10-11-17(22)14-24-20)13-15-7-3-4-9-19(15)23-21/h3-13,20H,2,14H2,1H3. The van der Waals surface area contributed by atoms with E-state index in [9.17, 15) is 0 Å². The Kier molecular flexibility index (Phi) is 2.92. The van der Waals surface area contributed by atoms with E-state index < -0.39 is 0 Å². The van der Waals surface area contributed by atoms with Crippen LogP contribution < -0.4 is 10.6 Å². The number of pyridine rings is 1. The van der Waals surface area contributed by atoms with Gasteiger partial charge in [0.2, 0.25) is 0 Å². The molecular formula is C22H19NO. The van der Waals surface area contributed by atoms with Crippen molar-refractivity contribution < 1.29 is 4.74 Å². The maximum absolute atomic E-state index is 6.15. The Labute approximate surface area is 141 Å². The molecule has 0 bridgehead atoms. The van der Waals surface area contributed by atoms with Crippen LogP contribution in [0.4, 0.5) is 0 Å². The summed E-state index contributed by atoms with van der Waals surface area (Å²) in [4.78, 5) is 5.04. The SMILES string of the molecule is CCC1OCC2=CC=c3cc4ccccc4nc3=C3C=CC=CC231. The monoisotopic (exact) mass is 313 g/mol. The molecule has 118 valence electrons. The molecule has 0 N–H and O–H groups in total. The molecule has 0 amide bonds. The molecule has 2 unspecified atom stereocenters. The molecule has 1 spiro atoms. The fourth-order valence-electron chi connectivity index (χ4n) is 4.36. The molecule has 2 atom stereocenters. The highest BCUT2D eigenvalue weighted by molar-refractivity contribution is 5.81. The molecule has 1 fully saturated rings. The first kappa shape index (κ1) is 13.9. The van der Waals surface area contributed by atoms with Crippen LogP contribution in [0.2, 0.25) is 0 Å². The maximum Gasteiger partial charge on any atom is 0.0754 e. The summed E-state index contributed by atoms with van der Waals surface area (Å²) in [5, 5.41) is 3.47. The summed E-state index contributed by atoms with van der Waals surface area (Å²) in [7, 11) is 0. The second kappa shape index (κ2) is 5.02. The van der Waals surface area contributed by atoms with E-state index in [2.05, 4.69) is 73.7 Å². The van der Waals surface area contributed by atoms with Gasteiger partial charge in [-0.1, -0.05) is 61.6 Å². The second-order valence-electron chi connectivity index (χ2n) is 6.69. The normalized spacial score (nSPS) is 27.1. The van der Waals surface area contributed by atoms with Gasteiger partial charge in [-0.2, -0.15) is 0 Å². The van der Waals surface area contributed by atoms with Gasteiger partial charge in [-0.3, -0.25) is 0 Å². The Morgan fingerprint density at radius 2 is 2.12 bits per heavy atom. The first-order chi connectivity index (χ1) is 11.8. The minimum Gasteiger partial charge on any atom is -0.372 e. The molecule has 2 heteroatoms. The van der Waals surface area contributed by atoms with Crippen LogP contribution in [-0.2, 0) is 4.74 Å². The van der Waals surface area contributed by atoms with Crippen molar-refractivity contribution in [3.63, 3.8) is 0 Å². The zero-order chi connectivity index (χ0) is 16.1. The minimum atomic E-state index is -0.166. The Morgan fingerprint density at radius 1 is 1.21 bits per heavy atom. The van der Waals surface area contributed by atoms with Crippen LogP contribution in [0.1, 0.15) is 13.3 Å². The van der Waals surface area contributed by atoms with Gasteiger partial charge in [0.05, 0.1) is 29.0 Å². The topological polar surface area (TPSA) is 22.1 Å². The number of benzene rings is 1. The molecule has 3 aliphatic rings. The minimum absolute atomic E-state index is 0.166. The molecule has 0 saturated carbocycles. The first-order valence-corrected chi connectivity index (χ1v) is 8.62. The number of aromatic nitrogens is 1. The van der Waals surface area contributed by atoms with E-state index in [-0.39, 0.29) is 11.5 Å². The summed E-state index contributed by atoms with van der Waals surface area (Å²) >= 11 is 0. The summed E-state index contributed by atoms with van der Waals surface area (Å²) < 4.78 is 6.15. The third kappa shape index (κ3) is 1.72. The van der Waals surface area contributed by atoms with Gasteiger partial charge in [0.25, 0.3) is 0 Å². The number of rotatable bonds is 1. The van der Waals surface area contributed by atoms with Crippen LogP contribution in [0, 0.1) is 5.41 Å². The molecule has 0 radical (unpaired) electrons. The van der Waals surface area contributed by atoms with Crippen LogP contribution in [0.3, 0.4) is 0 Å². The quantitative estimate of drug-likeness (QED) is 0.807. The molecule has 24 heavy (non-hydrogen) atoms. The van der Waals surface area contributed by atoms with Gasteiger partial charge >= 0.3 is 0 Å². The molecule has 2 aromatic rings. The molecule has 1 aromatic carbocycles. The fraction of sp³-hybridized carbons (Fsp3) is 0.227. The van der Waals surface area contributed by atoms with Crippen molar-refractivity contribution in [3.8, 4) is 0 Å². The molecule has 1 aromatic heterocycles. The van der Waals surface area contributed by atoms with Crippen LogP contribution >= 0.6 is 0 Å². The number of para-hydroxylation sites is 1. The number of hydrogen-bond acceptors (Lipinski definition) is 2. The number of ether oxygens (including phenoxy) is 1. The molecule has 2 nitrogen and oxygen atoms in total. The fourth-order valence-corrected chi connectivity index (χ4v) is 4.36. The van der Waals surface area contributed by atoms with Crippen molar-refractivity contribution in [2.24, 2.45) is 5.41 Å². The van der Waals surface area contributed by atoms with Gasteiger partial charge in [-0.25, -0.2) is 4.98 Å². The maximum atomic E-state index is 6.15. The third-order valence-electron chi connectivity index (χ3n) is 5.50. The van der Waals surface area contributed by atoms with Gasteiger partial charge in [-0.15, -0.1) is 0 Å². The highest BCUT2D eigenvalue weighted by Crippen LogP contribution is 2.50. The van der Waals surface area contributed by atoms with Crippen molar-refractivity contribution in [2.45, 2.75) is 19.4 Å². The summed E-state index contributed by atoms with van der Waals surface area (Å²) in [6, 6.07) is 10.6. The van der Waals surface area contributed by atoms with E-state index in [0.717, 1.165) is 17.3 Å². The van der Waals surface area contributed by atoms with Crippen molar-refractivity contribution in [1.29, 1.82) is 0 Å². The van der Waals surface area contributed by atoms with E-state index in [1.165, 1.54) is 21.8 Å². The second-order valence-corrected chi connectivity index (χ2v) is 6.69. The predicted molar refractivity (Wildman–Crippen MR) is 97.7 cm³/mol. The molecule has 1 aliphatic heterocycles. The Morgan fingerprint density at radius 3 is 3.04 bits per heavy atom. The van der Waals surface area contributed by atoms with Crippen LogP contribution in [0.5, 0.6) is 0 Å². The number of fused-ring (bicyclic) bond motifs is 2. The third-order valence-corrected chi connectivity index (χ3v) is 5.50. The van der Waals surface area contributed by atoms with Gasteiger partial charge in [-0.05, 0) is 29.7 Å². The summed E-state index contributed by atoms with van der Waals surface area (Å²) in [6.07, 6.45) is 14.4. The lowest BCUT2D eigenvalue weighted by Crippen LogP contribution is -2.39. The van der Waals surface area contributed by atoms with Gasteiger partial charge in [0.15, 0.2) is 0 Å². The largest absolute Gasteiger partial charge is 0.372 e.